The molecule has 0 bridgehead atoms. The second-order valence-electron chi connectivity index (χ2n) is 10.7. The maximum atomic E-state index is 13.0. The van der Waals surface area contributed by atoms with Crippen molar-refractivity contribution in [2.24, 2.45) is 5.73 Å². The summed E-state index contributed by atoms with van der Waals surface area (Å²) in [5, 5.41) is 24.5. The lowest BCUT2D eigenvalue weighted by molar-refractivity contribution is -0.746. The monoisotopic (exact) mass is 582 g/mol. The highest BCUT2D eigenvalue weighted by molar-refractivity contribution is 6.07. The van der Waals surface area contributed by atoms with E-state index in [-0.39, 0.29) is 16.7 Å². The molecule has 6 N–H and O–H groups in total. The minimum absolute atomic E-state index is 0.00825. The van der Waals surface area contributed by atoms with E-state index in [9.17, 15) is 24.6 Å². The third-order valence-electron chi connectivity index (χ3n) is 7.51. The van der Waals surface area contributed by atoms with Crippen LogP contribution in [-0.2, 0) is 14.2 Å². The van der Waals surface area contributed by atoms with Crippen LogP contribution in [0.15, 0.2) is 45.7 Å². The van der Waals surface area contributed by atoms with Gasteiger partial charge in [-0.1, -0.05) is 0 Å². The Bertz CT molecular complexity index is 1660. The Morgan fingerprint density at radius 2 is 1.93 bits per heavy atom. The predicted octanol–water partition coefficient (Wildman–Crippen LogP) is 1.54. The number of nitrogens with one attached hydrogen (secondary N) is 2. The van der Waals surface area contributed by atoms with Crippen LogP contribution in [0.25, 0.3) is 17.0 Å². The molecular formula is C29H32N3O10+. The number of ether oxygens (including phenoxy) is 4. The van der Waals surface area contributed by atoms with Gasteiger partial charge in [-0.3, -0.25) is 9.69 Å². The van der Waals surface area contributed by atoms with Crippen LogP contribution in [-0.4, -0.2) is 66.6 Å². The topological polar surface area (TPSA) is 184 Å². The van der Waals surface area contributed by atoms with Crippen molar-refractivity contribution in [1.29, 1.82) is 0 Å². The number of hydrogen-bond acceptors (Lipinski definition) is 10. The fourth-order valence-corrected chi connectivity index (χ4v) is 5.35. The number of aromatic hydroxyl groups is 1. The highest BCUT2D eigenvalue weighted by Crippen LogP contribution is 2.38. The van der Waals surface area contributed by atoms with Gasteiger partial charge in [0, 0.05) is 35.9 Å². The molecule has 5 atom stereocenters. The van der Waals surface area contributed by atoms with Gasteiger partial charge in [0.15, 0.2) is 23.6 Å². The van der Waals surface area contributed by atoms with Gasteiger partial charge in [0.05, 0.1) is 24.2 Å². The minimum Gasteiger partial charge on any atom is -0.505 e. The normalized spacial score (nSPS) is 24.3. The van der Waals surface area contributed by atoms with Gasteiger partial charge in [-0.15, -0.1) is 0 Å². The van der Waals surface area contributed by atoms with E-state index in [0.717, 1.165) is 16.2 Å². The van der Waals surface area contributed by atoms with Crippen LogP contribution in [0.5, 0.6) is 11.5 Å². The fraction of sp³-hybridized carbons (Fsp3) is 0.345. The molecular weight excluding hydrogens is 550 g/mol. The summed E-state index contributed by atoms with van der Waals surface area (Å²) in [7, 11) is 3.31. The van der Waals surface area contributed by atoms with Crippen LogP contribution in [0.4, 0.5) is 16.2 Å². The Hall–Kier alpha value is -4.43. The standard InChI is InChI=1S/C29H31N3O10/c1-13-18(39-27-21(34)23(41-28(30)37)24(38-5)29(2,3)42-27)9-8-16-20(33)19(26(36)40-22(13)16)31-25(35)15-7-6-14-10-11-32(4)17(14)12-15/h6-12,21,23-24,27,33-34H,1-5H3,(H2,30,37)(H,31,35)/p+1/t21-,23+,24-,27-/m1/s1. The SMILES string of the molecule is CO[C@@H]1[C@@H](OC(N)=O)[C@@H](O)[C@H](Oc2ccc3c(O)c(NC(=O)c4ccc5c(c4)[NH+](C)C=C5)c(=O)oc3c2C)OC1(C)C. The van der Waals surface area contributed by atoms with Gasteiger partial charge >= 0.3 is 11.7 Å². The number of primary amides is 1. The molecule has 2 aliphatic rings. The van der Waals surface area contributed by atoms with E-state index in [2.05, 4.69) is 5.32 Å². The van der Waals surface area contributed by atoms with Gasteiger partial charge in [0.25, 0.3) is 5.91 Å². The summed E-state index contributed by atoms with van der Waals surface area (Å²) in [5.74, 6) is -0.930. The molecule has 13 heteroatoms. The minimum atomic E-state index is -1.50. The number of methoxy groups -OCH3 is 1. The lowest BCUT2D eigenvalue weighted by Crippen LogP contribution is -2.97. The maximum absolute atomic E-state index is 13.0. The summed E-state index contributed by atoms with van der Waals surface area (Å²) < 4.78 is 27.9. The van der Waals surface area contributed by atoms with Crippen LogP contribution >= 0.6 is 0 Å². The second kappa shape index (κ2) is 10.8. The Kier molecular flexibility index (Phi) is 7.45. The second-order valence-corrected chi connectivity index (χ2v) is 10.7. The van der Waals surface area contributed by atoms with Crippen molar-refractivity contribution in [3.05, 3.63) is 63.6 Å². The molecule has 13 nitrogen and oxygen atoms in total. The Balaban J connectivity index is 1.43. The molecule has 2 aromatic carbocycles. The number of hydrogen-bond donors (Lipinski definition) is 5. The zero-order valence-corrected chi connectivity index (χ0v) is 23.6. The molecule has 5 rings (SSSR count). The quantitative estimate of drug-likeness (QED) is 0.267. The molecule has 1 unspecified atom stereocenters. The van der Waals surface area contributed by atoms with E-state index in [1.165, 1.54) is 19.2 Å². The number of carbonyl (C=O) groups is 2. The molecule has 1 fully saturated rings. The van der Waals surface area contributed by atoms with Gasteiger partial charge in [-0.05, 0) is 45.0 Å². The van der Waals surface area contributed by atoms with Crippen LogP contribution in [0, 0.1) is 6.92 Å². The molecule has 2 amide bonds. The first-order valence-electron chi connectivity index (χ1n) is 13.1. The summed E-state index contributed by atoms with van der Waals surface area (Å²) in [6.45, 7) is 4.91. The Morgan fingerprint density at radius 3 is 2.62 bits per heavy atom. The number of rotatable bonds is 6. The van der Waals surface area contributed by atoms with E-state index in [1.807, 2.05) is 19.3 Å². The highest BCUT2D eigenvalue weighted by atomic mass is 16.7. The zero-order valence-electron chi connectivity index (χ0n) is 23.6. The molecule has 3 heterocycles. The van der Waals surface area contributed by atoms with Gasteiger partial charge in [0.2, 0.25) is 6.29 Å². The average Bonchev–Trinajstić information content (AvgIpc) is 3.30. The first-order valence-corrected chi connectivity index (χ1v) is 13.1. The third-order valence-corrected chi connectivity index (χ3v) is 7.51. The van der Waals surface area contributed by atoms with Crippen LogP contribution < -0.4 is 26.3 Å². The number of nitrogens with two attached hydrogens (primary N) is 1. The van der Waals surface area contributed by atoms with Crippen molar-refractivity contribution in [3.63, 3.8) is 0 Å². The van der Waals surface area contributed by atoms with Gasteiger partial charge in [0.1, 0.15) is 23.1 Å². The number of amides is 2. The highest BCUT2D eigenvalue weighted by Gasteiger charge is 2.53. The van der Waals surface area contributed by atoms with E-state index in [0.29, 0.717) is 11.1 Å². The lowest BCUT2D eigenvalue weighted by Gasteiger charge is -2.47. The molecule has 1 saturated heterocycles. The van der Waals surface area contributed by atoms with Crippen molar-refractivity contribution in [1.82, 2.24) is 0 Å². The van der Waals surface area contributed by atoms with Crippen molar-refractivity contribution in [2.75, 3.05) is 19.5 Å². The van der Waals surface area contributed by atoms with E-state index in [1.54, 1.807) is 39.0 Å². The van der Waals surface area contributed by atoms with Crippen LogP contribution in [0.1, 0.15) is 35.3 Å². The largest absolute Gasteiger partial charge is 0.505 e. The van der Waals surface area contributed by atoms with E-state index in [4.69, 9.17) is 29.1 Å². The first kappa shape index (κ1) is 29.1. The third kappa shape index (κ3) is 5.07. The van der Waals surface area contributed by atoms with Crippen LogP contribution in [0.2, 0.25) is 0 Å². The zero-order chi connectivity index (χ0) is 30.5. The summed E-state index contributed by atoms with van der Waals surface area (Å²) in [6.07, 6.45) is -2.13. The van der Waals surface area contributed by atoms with Gasteiger partial charge in [-0.2, -0.15) is 0 Å². The number of aliphatic hydroxyl groups is 1. The number of quaternary nitrogens is 1. The van der Waals surface area contributed by atoms with Crippen molar-refractivity contribution in [2.45, 2.75) is 51.0 Å². The number of benzene rings is 2. The smallest absolute Gasteiger partial charge is 0.404 e. The van der Waals surface area contributed by atoms with Gasteiger partial charge in [-0.25, -0.2) is 9.59 Å². The lowest BCUT2D eigenvalue weighted by atomic mass is 9.89. The van der Waals surface area contributed by atoms with E-state index < -0.39 is 59.3 Å². The molecule has 1 aromatic heterocycles. The summed E-state index contributed by atoms with van der Waals surface area (Å²) in [6, 6.07) is 8.05. The number of anilines is 1. The summed E-state index contributed by atoms with van der Waals surface area (Å²) in [5.41, 5.74) is 5.21. The number of aryl methyl sites for hydroxylation is 1. The van der Waals surface area contributed by atoms with Crippen molar-refractivity contribution < 1.29 is 48.1 Å². The van der Waals surface area contributed by atoms with Gasteiger partial charge < -0.3 is 44.6 Å². The molecule has 3 aromatic rings. The molecule has 42 heavy (non-hydrogen) atoms. The Labute approximate surface area is 240 Å². The number of fused-ring (bicyclic) bond motifs is 2. The van der Waals surface area contributed by atoms with Crippen LogP contribution in [0.3, 0.4) is 0 Å². The molecule has 222 valence electrons. The molecule has 0 saturated carbocycles. The predicted molar refractivity (Wildman–Crippen MR) is 150 cm³/mol. The number of carbonyl (C=O) groups excluding carboxylic acids is 2. The van der Waals surface area contributed by atoms with E-state index >= 15 is 0 Å². The number of aliphatic hydroxyl groups excluding tert-OH is 1. The van der Waals surface area contributed by atoms with Crippen molar-refractivity contribution >= 4 is 40.4 Å². The summed E-state index contributed by atoms with van der Waals surface area (Å²) >= 11 is 0. The molecule has 0 radical (unpaired) electrons. The Morgan fingerprint density at radius 1 is 1.19 bits per heavy atom. The molecule has 2 aliphatic heterocycles. The van der Waals surface area contributed by atoms with Crippen molar-refractivity contribution in [3.8, 4) is 11.5 Å². The average molecular weight is 583 g/mol. The first-order chi connectivity index (χ1) is 19.8. The molecule has 0 spiro atoms. The fourth-order valence-electron chi connectivity index (χ4n) is 5.35. The maximum Gasteiger partial charge on any atom is 0.404 e. The molecule has 0 aliphatic carbocycles. The summed E-state index contributed by atoms with van der Waals surface area (Å²) in [4.78, 5) is 38.4.